The molecule has 30 heavy (non-hydrogen) atoms. The summed E-state index contributed by atoms with van der Waals surface area (Å²) >= 11 is 0. The second-order valence-corrected chi connectivity index (χ2v) is 7.85. The Labute approximate surface area is 176 Å². The van der Waals surface area contributed by atoms with E-state index in [9.17, 15) is 9.59 Å². The minimum atomic E-state index is -0.506. The predicted molar refractivity (Wildman–Crippen MR) is 114 cm³/mol. The van der Waals surface area contributed by atoms with Gasteiger partial charge in [-0.1, -0.05) is 35.9 Å². The molecule has 7 heteroatoms. The van der Waals surface area contributed by atoms with Crippen molar-refractivity contribution < 1.29 is 14.5 Å². The molecule has 2 heterocycles. The number of aromatic nitrogens is 2. The van der Waals surface area contributed by atoms with Crippen LogP contribution in [0.5, 0.6) is 0 Å². The lowest BCUT2D eigenvalue weighted by molar-refractivity contribution is -0.901. The molecule has 1 N–H and O–H groups in total. The smallest absolute Gasteiger partial charge is 0.316 e. The van der Waals surface area contributed by atoms with Crippen molar-refractivity contribution in [3.8, 4) is 5.69 Å². The lowest BCUT2D eigenvalue weighted by atomic mass is 10.2. The summed E-state index contributed by atoms with van der Waals surface area (Å²) in [6.45, 7) is 4.73. The summed E-state index contributed by atoms with van der Waals surface area (Å²) in [4.78, 5) is 29.7. The van der Waals surface area contributed by atoms with E-state index in [1.165, 1.54) is 4.90 Å². The average molecular weight is 404 g/mol. The summed E-state index contributed by atoms with van der Waals surface area (Å²) in [6, 6.07) is 16.8. The van der Waals surface area contributed by atoms with E-state index in [4.69, 9.17) is 0 Å². The molecule has 1 aromatic heterocycles. The fourth-order valence-electron chi connectivity index (χ4n) is 3.76. The Morgan fingerprint density at radius 3 is 2.40 bits per heavy atom. The van der Waals surface area contributed by atoms with Gasteiger partial charge in [-0.15, -0.1) is 0 Å². The maximum absolute atomic E-state index is 13.0. The first-order valence-electron chi connectivity index (χ1n) is 10.1. The molecule has 7 nitrogen and oxygen atoms in total. The Hall–Kier alpha value is -3.45. The van der Waals surface area contributed by atoms with Crippen LogP contribution in [0.1, 0.15) is 18.1 Å². The number of aryl methyl sites for hydroxylation is 1. The highest BCUT2D eigenvalue weighted by Gasteiger charge is 2.44. The summed E-state index contributed by atoms with van der Waals surface area (Å²) in [5.41, 5.74) is 3.89. The highest BCUT2D eigenvalue weighted by molar-refractivity contribution is 6.13. The molecule has 0 radical (unpaired) electrons. The Balaban J connectivity index is 1.43. The van der Waals surface area contributed by atoms with Crippen molar-refractivity contribution in [2.24, 2.45) is 0 Å². The quantitative estimate of drug-likeness (QED) is 0.640. The van der Waals surface area contributed by atoms with Crippen LogP contribution in [0.4, 0.5) is 10.5 Å². The summed E-state index contributed by atoms with van der Waals surface area (Å²) < 4.78 is 1.83. The van der Waals surface area contributed by atoms with E-state index in [1.807, 2.05) is 85.6 Å². The number of urea groups is 1. The second kappa shape index (κ2) is 8.12. The van der Waals surface area contributed by atoms with Gasteiger partial charge in [-0.05, 0) is 38.1 Å². The van der Waals surface area contributed by atoms with Crippen molar-refractivity contribution in [1.82, 2.24) is 14.7 Å². The van der Waals surface area contributed by atoms with E-state index in [0.29, 0.717) is 13.2 Å². The summed E-state index contributed by atoms with van der Waals surface area (Å²) in [5, 5.41) is 4.42. The number of carbonyl (C=O) groups is 2. The molecule has 0 bridgehead atoms. The van der Waals surface area contributed by atoms with Gasteiger partial charge in [0.15, 0.2) is 6.67 Å². The van der Waals surface area contributed by atoms with Crippen molar-refractivity contribution in [2.75, 3.05) is 18.6 Å². The molecule has 2 aromatic carbocycles. The molecule has 1 aliphatic heterocycles. The van der Waals surface area contributed by atoms with Crippen LogP contribution in [-0.2, 0) is 11.3 Å². The average Bonchev–Trinajstić information content (AvgIpc) is 3.29. The van der Waals surface area contributed by atoms with Crippen molar-refractivity contribution in [1.29, 1.82) is 0 Å². The van der Waals surface area contributed by atoms with Gasteiger partial charge in [0.05, 0.1) is 18.9 Å². The molecule has 1 aliphatic rings. The molecule has 3 amide bonds. The number of nitrogens with zero attached hydrogens (tertiary/aromatic N) is 4. The van der Waals surface area contributed by atoms with Gasteiger partial charge in [-0.2, -0.15) is 5.10 Å². The first-order chi connectivity index (χ1) is 14.4. The fourth-order valence-corrected chi connectivity index (χ4v) is 3.76. The number of amides is 3. The minimum Gasteiger partial charge on any atom is -0.316 e. The third kappa shape index (κ3) is 3.84. The number of nitrogens with one attached hydrogen (secondary N) is 1. The monoisotopic (exact) mass is 404 g/mol. The molecule has 1 saturated heterocycles. The lowest BCUT2D eigenvalue weighted by Crippen LogP contribution is -3.09. The highest BCUT2D eigenvalue weighted by Crippen LogP contribution is 2.25. The van der Waals surface area contributed by atoms with Crippen LogP contribution in [-0.4, -0.2) is 46.4 Å². The van der Waals surface area contributed by atoms with Crippen LogP contribution in [0.3, 0.4) is 0 Å². The van der Waals surface area contributed by atoms with Crippen molar-refractivity contribution in [2.45, 2.75) is 26.4 Å². The Bertz CT molecular complexity index is 1040. The van der Waals surface area contributed by atoms with Crippen molar-refractivity contribution in [3.05, 3.63) is 78.1 Å². The van der Waals surface area contributed by atoms with Gasteiger partial charge in [0.25, 0.3) is 5.91 Å². The topological polar surface area (TPSA) is 62.9 Å². The summed E-state index contributed by atoms with van der Waals surface area (Å²) in [7, 11) is 1.97. The van der Waals surface area contributed by atoms with E-state index >= 15 is 0 Å². The molecule has 0 saturated carbocycles. The molecular formula is C23H26N5O2+. The normalized spacial score (nSPS) is 17.6. The number of carbonyl (C=O) groups excluding carboxylic acids is 2. The van der Waals surface area contributed by atoms with E-state index in [0.717, 1.165) is 27.4 Å². The molecule has 2 atom stereocenters. The van der Waals surface area contributed by atoms with Gasteiger partial charge in [0.2, 0.25) is 0 Å². The van der Waals surface area contributed by atoms with Crippen LogP contribution < -0.4 is 9.80 Å². The molecule has 4 rings (SSSR count). The van der Waals surface area contributed by atoms with Gasteiger partial charge in [-0.25, -0.2) is 14.4 Å². The first-order valence-corrected chi connectivity index (χ1v) is 10.1. The zero-order valence-electron chi connectivity index (χ0n) is 17.4. The Morgan fingerprint density at radius 2 is 1.70 bits per heavy atom. The SMILES string of the molecule is Cc1ccc(N2C(=O)N(C[NH+](C)Cc3cnn(-c4ccccc4)c3)C(=O)[C@@H]2C)cc1. The Morgan fingerprint density at radius 1 is 1.00 bits per heavy atom. The van der Waals surface area contributed by atoms with Crippen LogP contribution in [0, 0.1) is 6.92 Å². The summed E-state index contributed by atoms with van der Waals surface area (Å²) in [5.74, 6) is -0.167. The standard InChI is InChI=1S/C23H25N5O2/c1-17-9-11-21(12-10-17)28-18(2)22(29)26(23(28)30)16-25(3)14-19-13-24-27(15-19)20-7-5-4-6-8-20/h4-13,15,18H,14,16H2,1-3H3/p+1/t18-/m0/s1. The highest BCUT2D eigenvalue weighted by atomic mass is 16.2. The maximum Gasteiger partial charge on any atom is 0.336 e. The molecule has 1 fully saturated rings. The number of hydrogen-bond acceptors (Lipinski definition) is 3. The number of anilines is 1. The number of para-hydroxylation sites is 1. The lowest BCUT2D eigenvalue weighted by Gasteiger charge is -2.21. The largest absolute Gasteiger partial charge is 0.336 e. The van der Waals surface area contributed by atoms with Gasteiger partial charge in [-0.3, -0.25) is 9.69 Å². The fraction of sp³-hybridized carbons (Fsp3) is 0.261. The van der Waals surface area contributed by atoms with Gasteiger partial charge in [0, 0.05) is 17.4 Å². The minimum absolute atomic E-state index is 0.167. The number of hydrogen-bond donors (Lipinski definition) is 1. The maximum atomic E-state index is 13.0. The molecule has 0 aliphatic carbocycles. The number of benzene rings is 2. The van der Waals surface area contributed by atoms with E-state index in [2.05, 4.69) is 5.10 Å². The second-order valence-electron chi connectivity index (χ2n) is 7.85. The molecular weight excluding hydrogens is 378 g/mol. The van der Waals surface area contributed by atoms with Crippen LogP contribution >= 0.6 is 0 Å². The zero-order chi connectivity index (χ0) is 21.3. The number of quaternary nitrogens is 1. The Kier molecular flexibility index (Phi) is 5.37. The molecule has 0 spiro atoms. The summed E-state index contributed by atoms with van der Waals surface area (Å²) in [6.07, 6.45) is 3.80. The van der Waals surface area contributed by atoms with E-state index < -0.39 is 6.04 Å². The predicted octanol–water partition coefficient (Wildman–Crippen LogP) is 2.01. The molecule has 3 aromatic rings. The van der Waals surface area contributed by atoms with Gasteiger partial charge < -0.3 is 4.90 Å². The molecule has 154 valence electrons. The van der Waals surface area contributed by atoms with Crippen LogP contribution in [0.25, 0.3) is 5.69 Å². The molecule has 1 unspecified atom stereocenters. The third-order valence-electron chi connectivity index (χ3n) is 5.35. The van der Waals surface area contributed by atoms with Crippen LogP contribution in [0.15, 0.2) is 67.0 Å². The van der Waals surface area contributed by atoms with Crippen molar-refractivity contribution in [3.63, 3.8) is 0 Å². The number of imide groups is 1. The van der Waals surface area contributed by atoms with E-state index in [-0.39, 0.29) is 11.9 Å². The van der Waals surface area contributed by atoms with E-state index in [1.54, 1.807) is 11.8 Å². The van der Waals surface area contributed by atoms with Crippen molar-refractivity contribution >= 4 is 17.6 Å². The zero-order valence-corrected chi connectivity index (χ0v) is 17.4. The first kappa shape index (κ1) is 19.8. The van der Waals surface area contributed by atoms with Crippen LogP contribution in [0.2, 0.25) is 0 Å². The van der Waals surface area contributed by atoms with Gasteiger partial charge >= 0.3 is 6.03 Å². The third-order valence-corrected chi connectivity index (χ3v) is 5.35. The number of rotatable bonds is 6. The van der Waals surface area contributed by atoms with Gasteiger partial charge in [0.1, 0.15) is 12.6 Å².